The molecule has 1 aliphatic rings. The third-order valence-corrected chi connectivity index (χ3v) is 2.44. The average molecular weight is 209 g/mol. The first-order valence-corrected chi connectivity index (χ1v) is 5.15. The molecule has 1 aromatic rings. The fraction of sp³-hybridized carbons (Fsp3) is 0.600. The van der Waals surface area contributed by atoms with Crippen LogP contribution in [0, 0.1) is 6.92 Å². The molecular formula is C10H15N3O2. The van der Waals surface area contributed by atoms with Gasteiger partial charge in [0.1, 0.15) is 12.7 Å². The van der Waals surface area contributed by atoms with Crippen LogP contribution in [0.25, 0.3) is 0 Å². The van der Waals surface area contributed by atoms with Crippen molar-refractivity contribution in [2.24, 2.45) is 0 Å². The Morgan fingerprint density at radius 1 is 1.60 bits per heavy atom. The Kier molecular flexibility index (Phi) is 3.01. The molecule has 0 radical (unpaired) electrons. The summed E-state index contributed by atoms with van der Waals surface area (Å²) in [5.41, 5.74) is 0.818. The van der Waals surface area contributed by atoms with Crippen LogP contribution < -0.4 is 5.32 Å². The van der Waals surface area contributed by atoms with E-state index in [0.29, 0.717) is 5.89 Å². The van der Waals surface area contributed by atoms with E-state index in [1.807, 2.05) is 11.8 Å². The highest BCUT2D eigenvalue weighted by Gasteiger charge is 2.18. The molecule has 1 N–H and O–H groups in total. The molecule has 5 heteroatoms. The van der Waals surface area contributed by atoms with E-state index in [0.717, 1.165) is 31.9 Å². The maximum absolute atomic E-state index is 11.8. The zero-order chi connectivity index (χ0) is 10.7. The van der Waals surface area contributed by atoms with Crippen molar-refractivity contribution < 1.29 is 9.21 Å². The Balaban J connectivity index is 1.91. The van der Waals surface area contributed by atoms with Gasteiger partial charge in [-0.2, -0.15) is 0 Å². The minimum atomic E-state index is 0.0957. The van der Waals surface area contributed by atoms with Crippen molar-refractivity contribution in [3.63, 3.8) is 0 Å². The molecule has 1 amide bonds. The van der Waals surface area contributed by atoms with Crippen LogP contribution in [0.2, 0.25) is 0 Å². The molecular weight excluding hydrogens is 194 g/mol. The number of oxazole rings is 1. The number of nitrogens with one attached hydrogen (secondary N) is 1. The van der Waals surface area contributed by atoms with Gasteiger partial charge in [0, 0.05) is 26.2 Å². The van der Waals surface area contributed by atoms with Gasteiger partial charge < -0.3 is 14.6 Å². The molecule has 15 heavy (non-hydrogen) atoms. The number of carbonyl (C=O) groups is 1. The molecule has 0 atom stereocenters. The second kappa shape index (κ2) is 4.44. The normalized spacial score (nSPS) is 16.7. The Morgan fingerprint density at radius 2 is 2.33 bits per heavy atom. The van der Waals surface area contributed by atoms with Gasteiger partial charge in [-0.05, 0) is 6.92 Å². The summed E-state index contributed by atoms with van der Waals surface area (Å²) in [5.74, 6) is 0.606. The molecule has 0 saturated carbocycles. The smallest absolute Gasteiger partial charge is 0.232 e. The number of amides is 1. The lowest BCUT2D eigenvalue weighted by molar-refractivity contribution is -0.131. The van der Waals surface area contributed by atoms with Gasteiger partial charge in [-0.3, -0.25) is 4.79 Å². The van der Waals surface area contributed by atoms with E-state index in [9.17, 15) is 4.79 Å². The van der Waals surface area contributed by atoms with E-state index in [4.69, 9.17) is 4.42 Å². The number of carbonyl (C=O) groups excluding carboxylic acids is 1. The number of hydrogen-bond acceptors (Lipinski definition) is 4. The van der Waals surface area contributed by atoms with Crippen LogP contribution in [0.4, 0.5) is 0 Å². The summed E-state index contributed by atoms with van der Waals surface area (Å²) in [6, 6.07) is 0. The Bertz CT molecular complexity index is 342. The molecule has 5 nitrogen and oxygen atoms in total. The van der Waals surface area contributed by atoms with Gasteiger partial charge in [0.05, 0.1) is 5.69 Å². The van der Waals surface area contributed by atoms with Crippen molar-refractivity contribution in [2.75, 3.05) is 26.2 Å². The summed E-state index contributed by atoms with van der Waals surface area (Å²) in [7, 11) is 0. The van der Waals surface area contributed by atoms with Crippen molar-refractivity contribution in [1.29, 1.82) is 0 Å². The van der Waals surface area contributed by atoms with E-state index < -0.39 is 0 Å². The molecule has 1 aromatic heterocycles. The molecule has 0 aromatic carbocycles. The van der Waals surface area contributed by atoms with Gasteiger partial charge in [-0.15, -0.1) is 0 Å². The van der Waals surface area contributed by atoms with Crippen LogP contribution in [-0.2, 0) is 11.2 Å². The molecule has 0 unspecified atom stereocenters. The van der Waals surface area contributed by atoms with Crippen LogP contribution in [0.1, 0.15) is 11.6 Å². The Hall–Kier alpha value is -1.36. The molecule has 1 aliphatic heterocycles. The zero-order valence-electron chi connectivity index (χ0n) is 8.82. The zero-order valence-corrected chi connectivity index (χ0v) is 8.82. The van der Waals surface area contributed by atoms with Crippen LogP contribution >= 0.6 is 0 Å². The number of hydrogen-bond donors (Lipinski definition) is 1. The number of aryl methyl sites for hydroxylation is 1. The predicted octanol–water partition coefficient (Wildman–Crippen LogP) is -0.0427. The predicted molar refractivity (Wildman–Crippen MR) is 54.4 cm³/mol. The number of piperazine rings is 1. The van der Waals surface area contributed by atoms with Crippen molar-refractivity contribution >= 4 is 5.91 Å². The van der Waals surface area contributed by atoms with Crippen LogP contribution in [0.5, 0.6) is 0 Å². The lowest BCUT2D eigenvalue weighted by Crippen LogP contribution is -2.46. The second-order valence-electron chi connectivity index (χ2n) is 3.69. The first kappa shape index (κ1) is 10.2. The topological polar surface area (TPSA) is 58.4 Å². The number of rotatable bonds is 2. The lowest BCUT2D eigenvalue weighted by Gasteiger charge is -2.26. The van der Waals surface area contributed by atoms with Crippen molar-refractivity contribution in [3.8, 4) is 0 Å². The van der Waals surface area contributed by atoms with Crippen LogP contribution in [-0.4, -0.2) is 42.0 Å². The van der Waals surface area contributed by atoms with E-state index >= 15 is 0 Å². The first-order valence-electron chi connectivity index (χ1n) is 5.15. The molecule has 0 spiro atoms. The van der Waals surface area contributed by atoms with Crippen molar-refractivity contribution in [2.45, 2.75) is 13.3 Å². The van der Waals surface area contributed by atoms with Crippen molar-refractivity contribution in [1.82, 2.24) is 15.2 Å². The van der Waals surface area contributed by atoms with E-state index in [1.54, 1.807) is 6.26 Å². The third-order valence-electron chi connectivity index (χ3n) is 2.44. The average Bonchev–Trinajstić information content (AvgIpc) is 2.65. The summed E-state index contributed by atoms with van der Waals surface area (Å²) in [4.78, 5) is 17.7. The number of nitrogens with zero attached hydrogens (tertiary/aromatic N) is 2. The van der Waals surface area contributed by atoms with E-state index in [-0.39, 0.29) is 12.3 Å². The van der Waals surface area contributed by atoms with Crippen LogP contribution in [0.3, 0.4) is 0 Å². The molecule has 1 fully saturated rings. The fourth-order valence-corrected chi connectivity index (χ4v) is 1.64. The van der Waals surface area contributed by atoms with Gasteiger partial charge >= 0.3 is 0 Å². The molecule has 2 rings (SSSR count). The van der Waals surface area contributed by atoms with Gasteiger partial charge in [0.25, 0.3) is 0 Å². The maximum Gasteiger partial charge on any atom is 0.232 e. The SMILES string of the molecule is Cc1coc(CC(=O)N2CCNCC2)n1. The van der Waals surface area contributed by atoms with Gasteiger partial charge in [0.2, 0.25) is 11.8 Å². The third kappa shape index (κ3) is 2.56. The molecule has 2 heterocycles. The molecule has 82 valence electrons. The minimum Gasteiger partial charge on any atom is -0.448 e. The summed E-state index contributed by atoms with van der Waals surface area (Å²) in [6.07, 6.45) is 1.84. The largest absolute Gasteiger partial charge is 0.448 e. The molecule has 0 bridgehead atoms. The van der Waals surface area contributed by atoms with Crippen molar-refractivity contribution in [3.05, 3.63) is 17.8 Å². The fourth-order valence-electron chi connectivity index (χ4n) is 1.64. The first-order chi connectivity index (χ1) is 7.25. The van der Waals surface area contributed by atoms with Gasteiger partial charge in [-0.1, -0.05) is 0 Å². The Labute approximate surface area is 88.5 Å². The molecule has 0 aliphatic carbocycles. The van der Waals surface area contributed by atoms with Gasteiger partial charge in [0.15, 0.2) is 0 Å². The maximum atomic E-state index is 11.8. The Morgan fingerprint density at radius 3 is 2.93 bits per heavy atom. The number of aromatic nitrogens is 1. The highest BCUT2D eigenvalue weighted by Crippen LogP contribution is 2.04. The highest BCUT2D eigenvalue weighted by atomic mass is 16.3. The molecule has 1 saturated heterocycles. The van der Waals surface area contributed by atoms with Crippen LogP contribution in [0.15, 0.2) is 10.7 Å². The minimum absolute atomic E-state index is 0.0957. The summed E-state index contributed by atoms with van der Waals surface area (Å²) < 4.78 is 5.15. The highest BCUT2D eigenvalue weighted by molar-refractivity contribution is 5.77. The summed E-state index contributed by atoms with van der Waals surface area (Å²) in [6.45, 7) is 5.14. The second-order valence-corrected chi connectivity index (χ2v) is 3.69. The lowest BCUT2D eigenvalue weighted by atomic mass is 10.3. The quantitative estimate of drug-likeness (QED) is 0.742. The summed E-state index contributed by atoms with van der Waals surface area (Å²) >= 11 is 0. The van der Waals surface area contributed by atoms with E-state index in [2.05, 4.69) is 10.3 Å². The van der Waals surface area contributed by atoms with Gasteiger partial charge in [-0.25, -0.2) is 4.98 Å². The monoisotopic (exact) mass is 209 g/mol. The standard InChI is InChI=1S/C10H15N3O2/c1-8-7-15-9(12-8)6-10(14)13-4-2-11-3-5-13/h7,11H,2-6H2,1H3. The summed E-state index contributed by atoms with van der Waals surface area (Å²) in [5, 5.41) is 3.20. The van der Waals surface area contributed by atoms with E-state index in [1.165, 1.54) is 0 Å².